The molecule has 0 aliphatic carbocycles. The van der Waals surface area contributed by atoms with Gasteiger partial charge in [-0.3, -0.25) is 0 Å². The van der Waals surface area contributed by atoms with Crippen molar-refractivity contribution in [1.82, 2.24) is 5.32 Å². The summed E-state index contributed by atoms with van der Waals surface area (Å²) < 4.78 is 5.18. The van der Waals surface area contributed by atoms with Gasteiger partial charge in [0.05, 0.1) is 7.11 Å². The molecule has 3 heteroatoms. The lowest BCUT2D eigenvalue weighted by molar-refractivity contribution is 0.414. The predicted molar refractivity (Wildman–Crippen MR) is 81.0 cm³/mol. The van der Waals surface area contributed by atoms with Crippen molar-refractivity contribution in [2.75, 3.05) is 7.11 Å². The summed E-state index contributed by atoms with van der Waals surface area (Å²) in [6, 6.07) is 15.8. The van der Waals surface area contributed by atoms with Crippen molar-refractivity contribution in [3.8, 4) is 11.5 Å². The first kappa shape index (κ1) is 14.4. The Morgan fingerprint density at radius 2 is 1.70 bits per heavy atom. The minimum absolute atomic E-state index is 0.302. The minimum Gasteiger partial charge on any atom is -0.508 e. The van der Waals surface area contributed by atoms with Crippen LogP contribution in [0.2, 0.25) is 0 Å². The average Bonchev–Trinajstić information content (AvgIpc) is 2.50. The average molecular weight is 271 g/mol. The molecule has 1 unspecified atom stereocenters. The summed E-state index contributed by atoms with van der Waals surface area (Å²) in [4.78, 5) is 0. The largest absolute Gasteiger partial charge is 0.508 e. The quantitative estimate of drug-likeness (QED) is 0.842. The number of phenolic OH excluding ortho intramolecular Hbond substituents is 1. The van der Waals surface area contributed by atoms with E-state index in [9.17, 15) is 5.11 Å². The Kier molecular flexibility index (Phi) is 5.02. The van der Waals surface area contributed by atoms with Crippen molar-refractivity contribution < 1.29 is 9.84 Å². The number of phenols is 1. The van der Waals surface area contributed by atoms with Crippen LogP contribution in [0.25, 0.3) is 0 Å². The molecule has 2 rings (SSSR count). The SMILES string of the molecule is CCC(NCc1ccc(O)cc1)c1ccc(OC)cc1. The molecule has 3 nitrogen and oxygen atoms in total. The van der Waals surface area contributed by atoms with Crippen molar-refractivity contribution in [2.45, 2.75) is 25.9 Å². The Labute approximate surface area is 120 Å². The Morgan fingerprint density at radius 1 is 1.05 bits per heavy atom. The molecule has 0 aliphatic heterocycles. The van der Waals surface area contributed by atoms with Gasteiger partial charge in [0.1, 0.15) is 11.5 Å². The zero-order chi connectivity index (χ0) is 14.4. The van der Waals surface area contributed by atoms with Crippen molar-refractivity contribution in [1.29, 1.82) is 0 Å². The number of rotatable bonds is 6. The van der Waals surface area contributed by atoms with Gasteiger partial charge in [0, 0.05) is 12.6 Å². The molecule has 2 aromatic rings. The number of hydrogen-bond donors (Lipinski definition) is 2. The van der Waals surface area contributed by atoms with Gasteiger partial charge in [0.25, 0.3) is 0 Å². The van der Waals surface area contributed by atoms with Crippen LogP contribution in [0, 0.1) is 0 Å². The summed E-state index contributed by atoms with van der Waals surface area (Å²) in [5, 5.41) is 12.8. The minimum atomic E-state index is 0.302. The van der Waals surface area contributed by atoms with E-state index in [0.717, 1.165) is 24.3 Å². The van der Waals surface area contributed by atoms with Crippen LogP contribution in [-0.2, 0) is 6.54 Å². The molecule has 0 aromatic heterocycles. The first-order valence-electron chi connectivity index (χ1n) is 6.88. The third-order valence-electron chi connectivity index (χ3n) is 3.42. The first-order chi connectivity index (χ1) is 9.72. The standard InChI is InChI=1S/C17H21NO2/c1-3-17(14-6-10-16(20-2)11-7-14)18-12-13-4-8-15(19)9-5-13/h4-11,17-19H,3,12H2,1-2H3. The van der Waals surface area contributed by atoms with Gasteiger partial charge in [0.2, 0.25) is 0 Å². The van der Waals surface area contributed by atoms with Crippen LogP contribution in [0.15, 0.2) is 48.5 Å². The molecule has 0 fully saturated rings. The molecule has 0 radical (unpaired) electrons. The van der Waals surface area contributed by atoms with E-state index in [1.54, 1.807) is 19.2 Å². The highest BCUT2D eigenvalue weighted by atomic mass is 16.5. The van der Waals surface area contributed by atoms with E-state index in [1.165, 1.54) is 5.56 Å². The van der Waals surface area contributed by atoms with Crippen LogP contribution in [0.3, 0.4) is 0 Å². The Balaban J connectivity index is 1.99. The molecule has 2 N–H and O–H groups in total. The molecular weight excluding hydrogens is 250 g/mol. The predicted octanol–water partition coefficient (Wildman–Crippen LogP) is 3.64. The van der Waals surface area contributed by atoms with Crippen molar-refractivity contribution in [2.24, 2.45) is 0 Å². The van der Waals surface area contributed by atoms with E-state index in [-0.39, 0.29) is 0 Å². The third kappa shape index (κ3) is 3.75. The number of hydrogen-bond acceptors (Lipinski definition) is 3. The Hall–Kier alpha value is -2.00. The highest BCUT2D eigenvalue weighted by Crippen LogP contribution is 2.20. The summed E-state index contributed by atoms with van der Waals surface area (Å²) in [7, 11) is 1.68. The van der Waals surface area contributed by atoms with Crippen LogP contribution >= 0.6 is 0 Å². The molecule has 2 aromatic carbocycles. The monoisotopic (exact) mass is 271 g/mol. The number of methoxy groups -OCH3 is 1. The van der Waals surface area contributed by atoms with E-state index in [2.05, 4.69) is 24.4 Å². The molecule has 0 aliphatic rings. The van der Waals surface area contributed by atoms with Gasteiger partial charge in [-0.25, -0.2) is 0 Å². The number of nitrogens with one attached hydrogen (secondary N) is 1. The summed E-state index contributed by atoms with van der Waals surface area (Å²) in [5.41, 5.74) is 2.42. The van der Waals surface area contributed by atoms with E-state index in [4.69, 9.17) is 4.74 Å². The van der Waals surface area contributed by atoms with Gasteiger partial charge in [-0.2, -0.15) is 0 Å². The molecule has 0 bridgehead atoms. The zero-order valence-electron chi connectivity index (χ0n) is 12.0. The van der Waals surface area contributed by atoms with Gasteiger partial charge >= 0.3 is 0 Å². The summed E-state index contributed by atoms with van der Waals surface area (Å²) in [6.45, 7) is 2.95. The van der Waals surface area contributed by atoms with E-state index in [0.29, 0.717) is 11.8 Å². The van der Waals surface area contributed by atoms with Crippen molar-refractivity contribution >= 4 is 0 Å². The molecule has 0 heterocycles. The van der Waals surface area contributed by atoms with Crippen LogP contribution < -0.4 is 10.1 Å². The lowest BCUT2D eigenvalue weighted by Gasteiger charge is -2.18. The van der Waals surface area contributed by atoms with Crippen LogP contribution in [0.1, 0.15) is 30.5 Å². The van der Waals surface area contributed by atoms with Gasteiger partial charge in [-0.15, -0.1) is 0 Å². The molecule has 0 saturated heterocycles. The first-order valence-corrected chi connectivity index (χ1v) is 6.88. The number of benzene rings is 2. The topological polar surface area (TPSA) is 41.5 Å². The van der Waals surface area contributed by atoms with E-state index < -0.39 is 0 Å². The maximum atomic E-state index is 9.28. The molecule has 0 saturated carbocycles. The Morgan fingerprint density at radius 3 is 2.25 bits per heavy atom. The van der Waals surface area contributed by atoms with Crippen molar-refractivity contribution in [3.05, 3.63) is 59.7 Å². The molecule has 106 valence electrons. The maximum absolute atomic E-state index is 9.28. The van der Waals surface area contributed by atoms with Crippen LogP contribution in [-0.4, -0.2) is 12.2 Å². The lowest BCUT2D eigenvalue weighted by atomic mass is 10.0. The van der Waals surface area contributed by atoms with Crippen molar-refractivity contribution in [3.63, 3.8) is 0 Å². The smallest absolute Gasteiger partial charge is 0.118 e. The molecule has 1 atom stereocenters. The maximum Gasteiger partial charge on any atom is 0.118 e. The summed E-state index contributed by atoms with van der Waals surface area (Å²) in [5.74, 6) is 1.18. The van der Waals surface area contributed by atoms with Crippen LogP contribution in [0.5, 0.6) is 11.5 Å². The fourth-order valence-corrected chi connectivity index (χ4v) is 2.19. The van der Waals surface area contributed by atoms with Gasteiger partial charge in [0.15, 0.2) is 0 Å². The molecule has 0 spiro atoms. The molecular formula is C17H21NO2. The second kappa shape index (κ2) is 6.96. The normalized spacial score (nSPS) is 12.1. The van der Waals surface area contributed by atoms with E-state index >= 15 is 0 Å². The van der Waals surface area contributed by atoms with Crippen LogP contribution in [0.4, 0.5) is 0 Å². The molecule has 20 heavy (non-hydrogen) atoms. The van der Waals surface area contributed by atoms with Gasteiger partial charge in [-0.05, 0) is 41.8 Å². The fourth-order valence-electron chi connectivity index (χ4n) is 2.19. The Bertz CT molecular complexity index is 520. The fraction of sp³-hybridized carbons (Fsp3) is 0.294. The summed E-state index contributed by atoms with van der Waals surface area (Å²) in [6.07, 6.45) is 1.02. The van der Waals surface area contributed by atoms with Gasteiger partial charge < -0.3 is 15.2 Å². The highest BCUT2D eigenvalue weighted by molar-refractivity contribution is 5.29. The van der Waals surface area contributed by atoms with Gasteiger partial charge in [-0.1, -0.05) is 31.2 Å². The summed E-state index contributed by atoms with van der Waals surface area (Å²) >= 11 is 0. The highest BCUT2D eigenvalue weighted by Gasteiger charge is 2.08. The lowest BCUT2D eigenvalue weighted by Crippen LogP contribution is -2.20. The molecule has 0 amide bonds. The number of ether oxygens (including phenoxy) is 1. The van der Waals surface area contributed by atoms with E-state index in [1.807, 2.05) is 24.3 Å². The number of aromatic hydroxyl groups is 1. The second-order valence-corrected chi connectivity index (χ2v) is 4.78. The zero-order valence-corrected chi connectivity index (χ0v) is 12.0. The second-order valence-electron chi connectivity index (χ2n) is 4.78. The third-order valence-corrected chi connectivity index (χ3v) is 3.42.